The van der Waals surface area contributed by atoms with Crippen LogP contribution in [0.1, 0.15) is 42.2 Å². The van der Waals surface area contributed by atoms with Crippen molar-refractivity contribution in [3.8, 4) is 0 Å². The molecule has 0 spiro atoms. The first-order chi connectivity index (χ1) is 9.24. The van der Waals surface area contributed by atoms with E-state index in [9.17, 15) is 9.90 Å². The number of carbonyl (C=O) groups is 1. The van der Waals surface area contributed by atoms with Crippen molar-refractivity contribution in [2.75, 3.05) is 18.5 Å². The Morgan fingerprint density at radius 2 is 2.32 bits per heavy atom. The Morgan fingerprint density at radius 1 is 1.42 bits per heavy atom. The number of carboxylic acids is 1. The SMILES string of the molecule is O=C(O)C1CCCc2sc(NC3CCCOC3)nc21. The van der Waals surface area contributed by atoms with Crippen molar-refractivity contribution in [2.24, 2.45) is 0 Å². The summed E-state index contributed by atoms with van der Waals surface area (Å²) in [7, 11) is 0. The van der Waals surface area contributed by atoms with E-state index in [1.807, 2.05) is 0 Å². The number of hydrogen-bond acceptors (Lipinski definition) is 5. The van der Waals surface area contributed by atoms with Crippen LogP contribution in [0.25, 0.3) is 0 Å². The summed E-state index contributed by atoms with van der Waals surface area (Å²) in [5, 5.41) is 13.5. The van der Waals surface area contributed by atoms with Gasteiger partial charge in [-0.15, -0.1) is 11.3 Å². The van der Waals surface area contributed by atoms with Crippen LogP contribution in [0.5, 0.6) is 0 Å². The van der Waals surface area contributed by atoms with E-state index in [4.69, 9.17) is 4.74 Å². The molecule has 2 unspecified atom stereocenters. The van der Waals surface area contributed by atoms with Crippen molar-refractivity contribution in [3.63, 3.8) is 0 Å². The maximum Gasteiger partial charge on any atom is 0.312 e. The molecule has 1 aromatic rings. The molecule has 104 valence electrons. The van der Waals surface area contributed by atoms with Gasteiger partial charge in [0.25, 0.3) is 0 Å². The zero-order valence-electron chi connectivity index (χ0n) is 10.7. The van der Waals surface area contributed by atoms with Gasteiger partial charge in [-0.25, -0.2) is 4.98 Å². The van der Waals surface area contributed by atoms with Gasteiger partial charge >= 0.3 is 5.97 Å². The average molecular weight is 282 g/mol. The topological polar surface area (TPSA) is 71.5 Å². The zero-order valence-corrected chi connectivity index (χ0v) is 11.5. The predicted molar refractivity (Wildman–Crippen MR) is 72.9 cm³/mol. The lowest BCUT2D eigenvalue weighted by Crippen LogP contribution is -2.29. The number of aromatic nitrogens is 1. The number of thiazole rings is 1. The van der Waals surface area contributed by atoms with E-state index in [0.29, 0.717) is 19.1 Å². The lowest BCUT2D eigenvalue weighted by Gasteiger charge is -2.22. The number of aryl methyl sites for hydroxylation is 1. The minimum atomic E-state index is -0.751. The molecule has 1 saturated heterocycles. The van der Waals surface area contributed by atoms with Crippen molar-refractivity contribution in [3.05, 3.63) is 10.6 Å². The van der Waals surface area contributed by atoms with E-state index in [1.54, 1.807) is 11.3 Å². The molecule has 2 aliphatic rings. The van der Waals surface area contributed by atoms with Crippen LogP contribution < -0.4 is 5.32 Å². The molecular formula is C13H18N2O3S. The number of rotatable bonds is 3. The van der Waals surface area contributed by atoms with Crippen molar-refractivity contribution < 1.29 is 14.6 Å². The van der Waals surface area contributed by atoms with Crippen molar-refractivity contribution in [1.82, 2.24) is 4.98 Å². The lowest BCUT2D eigenvalue weighted by atomic mass is 9.91. The fourth-order valence-electron chi connectivity index (χ4n) is 2.75. The van der Waals surface area contributed by atoms with Gasteiger partial charge in [0.1, 0.15) is 5.92 Å². The van der Waals surface area contributed by atoms with Crippen molar-refractivity contribution >= 4 is 22.4 Å². The van der Waals surface area contributed by atoms with Crippen LogP contribution in [0.3, 0.4) is 0 Å². The van der Waals surface area contributed by atoms with E-state index in [2.05, 4.69) is 10.3 Å². The molecule has 1 fully saturated rings. The van der Waals surface area contributed by atoms with Gasteiger partial charge in [0.2, 0.25) is 0 Å². The molecule has 19 heavy (non-hydrogen) atoms. The first kappa shape index (κ1) is 12.9. The van der Waals surface area contributed by atoms with Gasteiger partial charge in [0.05, 0.1) is 18.3 Å². The van der Waals surface area contributed by atoms with E-state index in [-0.39, 0.29) is 0 Å². The third kappa shape index (κ3) is 2.74. The number of nitrogens with one attached hydrogen (secondary N) is 1. The standard InChI is InChI=1S/C13H18N2O3S/c16-12(17)9-4-1-5-10-11(9)15-13(19-10)14-8-3-2-6-18-7-8/h8-9H,1-7H2,(H,14,15)(H,16,17). The summed E-state index contributed by atoms with van der Waals surface area (Å²) in [6.07, 6.45) is 4.77. The summed E-state index contributed by atoms with van der Waals surface area (Å²) in [6, 6.07) is 0.310. The second-order valence-electron chi connectivity index (χ2n) is 5.17. The molecular weight excluding hydrogens is 264 g/mol. The number of hydrogen-bond donors (Lipinski definition) is 2. The first-order valence-corrected chi connectivity index (χ1v) is 7.62. The molecule has 2 N–H and O–H groups in total. The largest absolute Gasteiger partial charge is 0.481 e. The summed E-state index contributed by atoms with van der Waals surface area (Å²) in [5.41, 5.74) is 0.781. The third-order valence-electron chi connectivity index (χ3n) is 3.74. The van der Waals surface area contributed by atoms with Crippen LogP contribution in [-0.4, -0.2) is 35.3 Å². The highest BCUT2D eigenvalue weighted by atomic mass is 32.1. The Labute approximate surface area is 116 Å². The van der Waals surface area contributed by atoms with Gasteiger partial charge in [-0.05, 0) is 32.1 Å². The zero-order chi connectivity index (χ0) is 13.2. The maximum absolute atomic E-state index is 11.2. The van der Waals surface area contributed by atoms with E-state index in [0.717, 1.165) is 48.0 Å². The summed E-state index contributed by atoms with van der Waals surface area (Å²) in [4.78, 5) is 16.9. The number of fused-ring (bicyclic) bond motifs is 1. The maximum atomic E-state index is 11.2. The van der Waals surface area contributed by atoms with Crippen LogP contribution >= 0.6 is 11.3 Å². The molecule has 0 bridgehead atoms. The molecule has 5 nitrogen and oxygen atoms in total. The fourth-order valence-corrected chi connectivity index (χ4v) is 3.89. The van der Waals surface area contributed by atoms with Crippen LogP contribution in [0.4, 0.5) is 5.13 Å². The number of nitrogens with zero attached hydrogens (tertiary/aromatic N) is 1. The molecule has 0 radical (unpaired) electrons. The lowest BCUT2D eigenvalue weighted by molar-refractivity contribution is -0.139. The quantitative estimate of drug-likeness (QED) is 0.889. The Hall–Kier alpha value is -1.14. The predicted octanol–water partition coefficient (Wildman–Crippen LogP) is 2.24. The third-order valence-corrected chi connectivity index (χ3v) is 4.80. The molecule has 2 heterocycles. The normalized spacial score (nSPS) is 26.7. The summed E-state index contributed by atoms with van der Waals surface area (Å²) in [6.45, 7) is 1.56. The highest BCUT2D eigenvalue weighted by Crippen LogP contribution is 2.37. The number of ether oxygens (including phenoxy) is 1. The Bertz CT molecular complexity index is 468. The van der Waals surface area contributed by atoms with E-state index in [1.165, 1.54) is 0 Å². The number of carboxylic acid groups (broad SMARTS) is 1. The van der Waals surface area contributed by atoms with Gasteiger partial charge in [-0.3, -0.25) is 4.79 Å². The molecule has 2 atom stereocenters. The van der Waals surface area contributed by atoms with Gasteiger partial charge in [0.15, 0.2) is 5.13 Å². The summed E-state index contributed by atoms with van der Waals surface area (Å²) >= 11 is 1.61. The minimum absolute atomic E-state index is 0.310. The summed E-state index contributed by atoms with van der Waals surface area (Å²) in [5.74, 6) is -1.17. The smallest absolute Gasteiger partial charge is 0.312 e. The van der Waals surface area contributed by atoms with Crippen molar-refractivity contribution in [1.29, 1.82) is 0 Å². The fraction of sp³-hybridized carbons (Fsp3) is 0.692. The Kier molecular flexibility index (Phi) is 3.70. The molecule has 0 aromatic carbocycles. The molecule has 1 aliphatic carbocycles. The van der Waals surface area contributed by atoms with E-state index >= 15 is 0 Å². The van der Waals surface area contributed by atoms with Crippen LogP contribution in [-0.2, 0) is 16.0 Å². The molecule has 3 rings (SSSR count). The molecule has 1 aliphatic heterocycles. The summed E-state index contributed by atoms with van der Waals surface area (Å²) < 4.78 is 5.44. The molecule has 0 saturated carbocycles. The van der Waals surface area contributed by atoms with Gasteiger partial charge in [0, 0.05) is 11.5 Å². The molecule has 6 heteroatoms. The van der Waals surface area contributed by atoms with Crippen molar-refractivity contribution in [2.45, 2.75) is 44.1 Å². The highest BCUT2D eigenvalue weighted by molar-refractivity contribution is 7.15. The van der Waals surface area contributed by atoms with Crippen LogP contribution in [0, 0.1) is 0 Å². The van der Waals surface area contributed by atoms with Gasteiger partial charge in [-0.2, -0.15) is 0 Å². The first-order valence-electron chi connectivity index (χ1n) is 6.80. The molecule has 1 aromatic heterocycles. The second kappa shape index (κ2) is 5.46. The van der Waals surface area contributed by atoms with E-state index < -0.39 is 11.9 Å². The number of aliphatic carboxylic acids is 1. The second-order valence-corrected chi connectivity index (χ2v) is 6.25. The van der Waals surface area contributed by atoms with Crippen LogP contribution in [0.15, 0.2) is 0 Å². The number of anilines is 1. The van der Waals surface area contributed by atoms with Gasteiger partial charge < -0.3 is 15.2 Å². The highest BCUT2D eigenvalue weighted by Gasteiger charge is 2.30. The Morgan fingerprint density at radius 3 is 3.05 bits per heavy atom. The monoisotopic (exact) mass is 282 g/mol. The minimum Gasteiger partial charge on any atom is -0.481 e. The van der Waals surface area contributed by atoms with Crippen LogP contribution in [0.2, 0.25) is 0 Å². The Balaban J connectivity index is 1.75. The van der Waals surface area contributed by atoms with Gasteiger partial charge in [-0.1, -0.05) is 0 Å². The average Bonchev–Trinajstić information content (AvgIpc) is 2.81. The molecule has 0 amide bonds.